The van der Waals surface area contributed by atoms with E-state index in [1.54, 1.807) is 0 Å². The van der Waals surface area contributed by atoms with Crippen molar-refractivity contribution in [1.29, 1.82) is 0 Å². The number of anilines is 1. The minimum atomic E-state index is -0.253. The van der Waals surface area contributed by atoms with Crippen LogP contribution < -0.4 is 5.32 Å². The molecule has 0 aliphatic rings. The molecule has 0 aromatic heterocycles. The van der Waals surface area contributed by atoms with Crippen molar-refractivity contribution < 1.29 is 9.53 Å². The van der Waals surface area contributed by atoms with Crippen LogP contribution in [0.15, 0.2) is 18.2 Å². The van der Waals surface area contributed by atoms with Crippen LogP contribution in [0.2, 0.25) is 0 Å². The molecule has 1 aromatic rings. The first kappa shape index (κ1) is 15.5. The number of hydrogen-bond acceptors (Lipinski definition) is 3. The highest BCUT2D eigenvalue weighted by Crippen LogP contribution is 2.18. The summed E-state index contributed by atoms with van der Waals surface area (Å²) >= 11 is 0. The van der Waals surface area contributed by atoms with Gasteiger partial charge in [0.15, 0.2) is 0 Å². The predicted molar refractivity (Wildman–Crippen MR) is 79.5 cm³/mol. The largest absolute Gasteiger partial charge is 0.464 e. The summed E-state index contributed by atoms with van der Waals surface area (Å²) in [6.07, 6.45) is 2.76. The van der Waals surface area contributed by atoms with Crippen LogP contribution in [-0.4, -0.2) is 18.6 Å². The van der Waals surface area contributed by atoms with Crippen molar-refractivity contribution in [1.82, 2.24) is 0 Å². The average Bonchev–Trinajstić information content (AvgIpc) is 2.39. The van der Waals surface area contributed by atoms with E-state index in [1.165, 1.54) is 11.1 Å². The fourth-order valence-electron chi connectivity index (χ4n) is 2.16. The van der Waals surface area contributed by atoms with Gasteiger partial charge in [-0.25, -0.2) is 4.79 Å². The van der Waals surface area contributed by atoms with E-state index in [2.05, 4.69) is 38.2 Å². The molecule has 1 N–H and O–H groups in total. The Balaban J connectivity index is 2.78. The molecule has 3 nitrogen and oxygen atoms in total. The fraction of sp³-hybridized carbons (Fsp3) is 0.562. The Kier molecular flexibility index (Phi) is 6.40. The summed E-state index contributed by atoms with van der Waals surface area (Å²) in [7, 11) is 0. The monoisotopic (exact) mass is 263 g/mol. The van der Waals surface area contributed by atoms with E-state index in [9.17, 15) is 4.79 Å². The molecule has 0 spiro atoms. The lowest BCUT2D eigenvalue weighted by atomic mass is 10.0. The Morgan fingerprint density at radius 2 is 2.05 bits per heavy atom. The summed E-state index contributed by atoms with van der Waals surface area (Å²) in [6.45, 7) is 8.58. The van der Waals surface area contributed by atoms with Crippen molar-refractivity contribution in [3.8, 4) is 0 Å². The topological polar surface area (TPSA) is 38.3 Å². The highest BCUT2D eigenvalue weighted by molar-refractivity contribution is 5.79. The van der Waals surface area contributed by atoms with Gasteiger partial charge in [-0.1, -0.05) is 26.3 Å². The lowest BCUT2D eigenvalue weighted by molar-refractivity contribution is -0.144. The molecule has 0 aliphatic carbocycles. The number of nitrogens with one attached hydrogen (secondary N) is 1. The van der Waals surface area contributed by atoms with Crippen molar-refractivity contribution in [3.05, 3.63) is 29.3 Å². The summed E-state index contributed by atoms with van der Waals surface area (Å²) in [5.74, 6) is -0.165. The summed E-state index contributed by atoms with van der Waals surface area (Å²) < 4.78 is 5.10. The Morgan fingerprint density at radius 1 is 1.32 bits per heavy atom. The smallest absolute Gasteiger partial charge is 0.328 e. The van der Waals surface area contributed by atoms with Gasteiger partial charge in [0, 0.05) is 5.69 Å². The van der Waals surface area contributed by atoms with Gasteiger partial charge in [0.1, 0.15) is 6.04 Å². The first-order valence-corrected chi connectivity index (χ1v) is 7.15. The van der Waals surface area contributed by atoms with E-state index in [4.69, 9.17) is 4.74 Å². The van der Waals surface area contributed by atoms with Crippen LogP contribution in [-0.2, 0) is 16.0 Å². The number of carbonyl (C=O) groups excluding carboxylic acids is 1. The fourth-order valence-corrected chi connectivity index (χ4v) is 2.16. The number of benzene rings is 1. The van der Waals surface area contributed by atoms with Crippen molar-refractivity contribution in [2.24, 2.45) is 0 Å². The number of esters is 1. The molecule has 0 saturated carbocycles. The maximum Gasteiger partial charge on any atom is 0.328 e. The van der Waals surface area contributed by atoms with Crippen LogP contribution in [0.3, 0.4) is 0 Å². The highest BCUT2D eigenvalue weighted by atomic mass is 16.5. The molecule has 1 atom stereocenters. The molecule has 1 aromatic carbocycles. The van der Waals surface area contributed by atoms with Gasteiger partial charge < -0.3 is 10.1 Å². The second-order valence-corrected chi connectivity index (χ2v) is 4.73. The summed E-state index contributed by atoms with van der Waals surface area (Å²) in [6, 6.07) is 6.00. The molecule has 1 unspecified atom stereocenters. The van der Waals surface area contributed by atoms with Gasteiger partial charge in [0.05, 0.1) is 6.61 Å². The van der Waals surface area contributed by atoms with Crippen LogP contribution >= 0.6 is 0 Å². The van der Waals surface area contributed by atoms with Crippen LogP contribution in [0.1, 0.15) is 44.7 Å². The maximum atomic E-state index is 11.9. The van der Waals surface area contributed by atoms with Crippen LogP contribution in [0.4, 0.5) is 5.69 Å². The molecule has 106 valence electrons. The highest BCUT2D eigenvalue weighted by Gasteiger charge is 2.18. The minimum absolute atomic E-state index is 0.165. The first-order chi connectivity index (χ1) is 9.12. The van der Waals surface area contributed by atoms with E-state index < -0.39 is 0 Å². The minimum Gasteiger partial charge on any atom is -0.464 e. The van der Waals surface area contributed by atoms with Gasteiger partial charge in [0.25, 0.3) is 0 Å². The molecular weight excluding hydrogens is 238 g/mol. The third-order valence-electron chi connectivity index (χ3n) is 3.21. The van der Waals surface area contributed by atoms with E-state index in [0.717, 1.165) is 24.9 Å². The van der Waals surface area contributed by atoms with E-state index in [1.807, 2.05) is 13.0 Å². The second kappa shape index (κ2) is 7.82. The van der Waals surface area contributed by atoms with E-state index >= 15 is 0 Å². The molecule has 0 fully saturated rings. The number of hydrogen-bond donors (Lipinski definition) is 1. The summed E-state index contributed by atoms with van der Waals surface area (Å²) in [5.41, 5.74) is 3.58. The number of aryl methyl sites for hydroxylation is 2. The van der Waals surface area contributed by atoms with Crippen molar-refractivity contribution in [2.75, 3.05) is 11.9 Å². The van der Waals surface area contributed by atoms with Crippen LogP contribution in [0.5, 0.6) is 0 Å². The molecule has 19 heavy (non-hydrogen) atoms. The third kappa shape index (κ3) is 4.58. The van der Waals surface area contributed by atoms with Gasteiger partial charge in [-0.3, -0.25) is 0 Å². The summed E-state index contributed by atoms with van der Waals surface area (Å²) in [4.78, 5) is 11.9. The zero-order valence-corrected chi connectivity index (χ0v) is 12.5. The lowest BCUT2D eigenvalue weighted by Crippen LogP contribution is -2.31. The molecule has 1 rings (SSSR count). The molecular formula is C16H25NO2. The average molecular weight is 263 g/mol. The Labute approximate surface area is 116 Å². The Bertz CT molecular complexity index is 415. The van der Waals surface area contributed by atoms with Gasteiger partial charge in [-0.05, 0) is 49.9 Å². The van der Waals surface area contributed by atoms with Gasteiger partial charge in [0.2, 0.25) is 0 Å². The van der Waals surface area contributed by atoms with Crippen molar-refractivity contribution >= 4 is 11.7 Å². The number of rotatable bonds is 7. The third-order valence-corrected chi connectivity index (χ3v) is 3.21. The van der Waals surface area contributed by atoms with E-state index in [0.29, 0.717) is 6.61 Å². The van der Waals surface area contributed by atoms with E-state index in [-0.39, 0.29) is 12.0 Å². The van der Waals surface area contributed by atoms with Gasteiger partial charge >= 0.3 is 5.97 Å². The molecule has 0 radical (unpaired) electrons. The zero-order valence-electron chi connectivity index (χ0n) is 12.5. The Morgan fingerprint density at radius 3 is 2.58 bits per heavy atom. The molecule has 0 saturated heterocycles. The molecule has 3 heteroatoms. The maximum absolute atomic E-state index is 11.9. The molecule has 0 bridgehead atoms. The zero-order chi connectivity index (χ0) is 14.3. The van der Waals surface area contributed by atoms with Gasteiger partial charge in [-0.15, -0.1) is 0 Å². The van der Waals surface area contributed by atoms with Gasteiger partial charge in [-0.2, -0.15) is 0 Å². The Hall–Kier alpha value is -1.51. The molecule has 0 aliphatic heterocycles. The quantitative estimate of drug-likeness (QED) is 0.762. The van der Waals surface area contributed by atoms with Crippen LogP contribution in [0.25, 0.3) is 0 Å². The lowest BCUT2D eigenvalue weighted by Gasteiger charge is -2.18. The normalized spacial score (nSPS) is 12.0. The first-order valence-electron chi connectivity index (χ1n) is 7.15. The van der Waals surface area contributed by atoms with Crippen molar-refractivity contribution in [2.45, 2.75) is 53.0 Å². The molecule has 0 amide bonds. The standard InChI is InChI=1S/C16H25NO2/c1-5-8-15(16(18)19-7-3)17-14-10-9-13(6-2)12(4)11-14/h9-11,15,17H,5-8H2,1-4H3. The second-order valence-electron chi connectivity index (χ2n) is 4.73. The number of carbonyl (C=O) groups is 1. The predicted octanol–water partition coefficient (Wildman–Crippen LogP) is 3.70. The number of ether oxygens (including phenoxy) is 1. The molecule has 0 heterocycles. The van der Waals surface area contributed by atoms with Crippen LogP contribution in [0, 0.1) is 6.92 Å². The summed E-state index contributed by atoms with van der Waals surface area (Å²) in [5, 5.41) is 3.28. The van der Waals surface area contributed by atoms with Crippen molar-refractivity contribution in [3.63, 3.8) is 0 Å². The SMILES string of the molecule is CCCC(Nc1ccc(CC)c(C)c1)C(=O)OCC.